The van der Waals surface area contributed by atoms with E-state index in [9.17, 15) is 18.0 Å². The molecular weight excluding hydrogens is 397 g/mol. The molecule has 1 fully saturated rings. The lowest BCUT2D eigenvalue weighted by atomic mass is 9.86. The molecule has 30 heavy (non-hydrogen) atoms. The lowest BCUT2D eigenvalue weighted by molar-refractivity contribution is -0.274. The molecule has 1 aromatic heterocycles. The SMILES string of the molecule is CC1CCN1C(=O)c1cnc(NCc2cc(OC(F)(F)F)cc(C(C)(C)C)c2)nc1. The summed E-state index contributed by atoms with van der Waals surface area (Å²) in [5.41, 5.74) is 1.36. The monoisotopic (exact) mass is 422 g/mol. The van der Waals surface area contributed by atoms with Crippen LogP contribution in [0, 0.1) is 0 Å². The summed E-state index contributed by atoms with van der Waals surface area (Å²) in [6, 6.07) is 4.77. The number of ether oxygens (including phenoxy) is 1. The molecule has 162 valence electrons. The zero-order chi connectivity index (χ0) is 22.1. The van der Waals surface area contributed by atoms with Crippen molar-refractivity contribution in [3.05, 3.63) is 47.3 Å². The van der Waals surface area contributed by atoms with E-state index in [1.807, 2.05) is 33.8 Å². The molecule has 3 rings (SSSR count). The fraction of sp³-hybridized carbons (Fsp3) is 0.476. The number of alkyl halides is 3. The number of nitrogens with zero attached hydrogens (tertiary/aromatic N) is 3. The van der Waals surface area contributed by atoms with Crippen LogP contribution in [0.2, 0.25) is 0 Å². The van der Waals surface area contributed by atoms with Crippen LogP contribution < -0.4 is 10.1 Å². The molecular formula is C21H25F3N4O2. The maximum absolute atomic E-state index is 12.7. The maximum atomic E-state index is 12.7. The van der Waals surface area contributed by atoms with Gasteiger partial charge in [-0.15, -0.1) is 13.2 Å². The number of halogens is 3. The first kappa shape index (κ1) is 21.9. The van der Waals surface area contributed by atoms with Crippen molar-refractivity contribution < 1.29 is 22.7 Å². The van der Waals surface area contributed by atoms with Gasteiger partial charge in [0.15, 0.2) is 0 Å². The Morgan fingerprint density at radius 1 is 1.20 bits per heavy atom. The first-order valence-electron chi connectivity index (χ1n) is 9.69. The molecule has 6 nitrogen and oxygen atoms in total. The third-order valence-electron chi connectivity index (χ3n) is 5.00. The summed E-state index contributed by atoms with van der Waals surface area (Å²) in [4.78, 5) is 22.4. The third-order valence-corrected chi connectivity index (χ3v) is 5.00. The van der Waals surface area contributed by atoms with Crippen LogP contribution in [0.4, 0.5) is 19.1 Å². The van der Waals surface area contributed by atoms with Crippen molar-refractivity contribution in [2.24, 2.45) is 0 Å². The molecule has 1 aromatic carbocycles. The van der Waals surface area contributed by atoms with Crippen molar-refractivity contribution in [3.8, 4) is 5.75 Å². The molecule has 2 heterocycles. The summed E-state index contributed by atoms with van der Waals surface area (Å²) >= 11 is 0. The Morgan fingerprint density at radius 2 is 1.87 bits per heavy atom. The Labute approximate surface area is 173 Å². The molecule has 1 saturated heterocycles. The number of carbonyl (C=O) groups is 1. The van der Waals surface area contributed by atoms with Gasteiger partial charge < -0.3 is 15.0 Å². The van der Waals surface area contributed by atoms with E-state index < -0.39 is 6.36 Å². The second-order valence-corrected chi connectivity index (χ2v) is 8.45. The lowest BCUT2D eigenvalue weighted by Crippen LogP contribution is -2.49. The molecule has 1 aliphatic heterocycles. The number of anilines is 1. The predicted octanol–water partition coefficient (Wildman–Crippen LogP) is 4.52. The van der Waals surface area contributed by atoms with E-state index in [-0.39, 0.29) is 35.6 Å². The largest absolute Gasteiger partial charge is 0.573 e. The van der Waals surface area contributed by atoms with Crippen LogP contribution in [-0.4, -0.2) is 39.7 Å². The predicted molar refractivity (Wildman–Crippen MR) is 106 cm³/mol. The highest BCUT2D eigenvalue weighted by Crippen LogP contribution is 2.31. The van der Waals surface area contributed by atoms with Crippen LogP contribution in [0.25, 0.3) is 0 Å². The van der Waals surface area contributed by atoms with Gasteiger partial charge in [-0.25, -0.2) is 9.97 Å². The molecule has 0 spiro atoms. The summed E-state index contributed by atoms with van der Waals surface area (Å²) in [5, 5.41) is 2.98. The highest BCUT2D eigenvalue weighted by Gasteiger charge is 2.32. The van der Waals surface area contributed by atoms with E-state index in [1.165, 1.54) is 24.5 Å². The highest BCUT2D eigenvalue weighted by molar-refractivity contribution is 5.94. The topological polar surface area (TPSA) is 67.4 Å². The van der Waals surface area contributed by atoms with E-state index in [2.05, 4.69) is 20.0 Å². The zero-order valence-corrected chi connectivity index (χ0v) is 17.4. The molecule has 1 unspecified atom stereocenters. The van der Waals surface area contributed by atoms with E-state index in [1.54, 1.807) is 4.90 Å². The number of likely N-dealkylation sites (tertiary alicyclic amines) is 1. The molecule has 1 aliphatic rings. The fourth-order valence-corrected chi connectivity index (χ4v) is 3.08. The van der Waals surface area contributed by atoms with Gasteiger partial charge in [-0.2, -0.15) is 0 Å². The van der Waals surface area contributed by atoms with Gasteiger partial charge in [-0.1, -0.05) is 26.8 Å². The van der Waals surface area contributed by atoms with Gasteiger partial charge in [-0.3, -0.25) is 4.79 Å². The standard InChI is InChI=1S/C21H25F3N4O2/c1-13-5-6-28(13)18(29)15-11-26-19(27-12-15)25-10-14-7-16(20(2,3)4)9-17(8-14)30-21(22,23)24/h7-9,11-13H,5-6,10H2,1-4H3,(H,25,26,27). The Morgan fingerprint density at radius 3 is 2.37 bits per heavy atom. The molecule has 0 bridgehead atoms. The fourth-order valence-electron chi connectivity index (χ4n) is 3.08. The maximum Gasteiger partial charge on any atom is 0.573 e. The van der Waals surface area contributed by atoms with E-state index in [4.69, 9.17) is 0 Å². The number of rotatable bonds is 5. The van der Waals surface area contributed by atoms with Crippen LogP contribution in [0.15, 0.2) is 30.6 Å². The van der Waals surface area contributed by atoms with Gasteiger partial charge in [-0.05, 0) is 42.0 Å². The van der Waals surface area contributed by atoms with Crippen molar-refractivity contribution in [2.75, 3.05) is 11.9 Å². The summed E-state index contributed by atoms with van der Waals surface area (Å²) in [7, 11) is 0. The van der Waals surface area contributed by atoms with Gasteiger partial charge in [0, 0.05) is 31.5 Å². The molecule has 1 amide bonds. The van der Waals surface area contributed by atoms with E-state index in [0.717, 1.165) is 13.0 Å². The molecule has 1 N–H and O–H groups in total. The van der Waals surface area contributed by atoms with Gasteiger partial charge in [0.05, 0.1) is 5.56 Å². The van der Waals surface area contributed by atoms with Crippen LogP contribution in [0.3, 0.4) is 0 Å². The Hall–Kier alpha value is -2.84. The number of hydrogen-bond acceptors (Lipinski definition) is 5. The number of benzene rings is 1. The smallest absolute Gasteiger partial charge is 0.406 e. The average Bonchev–Trinajstić information content (AvgIpc) is 2.63. The second kappa shape index (κ2) is 8.12. The average molecular weight is 422 g/mol. The van der Waals surface area contributed by atoms with Crippen LogP contribution >= 0.6 is 0 Å². The minimum absolute atomic E-state index is 0.105. The van der Waals surface area contributed by atoms with E-state index in [0.29, 0.717) is 16.7 Å². The summed E-state index contributed by atoms with van der Waals surface area (Å²) < 4.78 is 42.1. The van der Waals surface area contributed by atoms with E-state index >= 15 is 0 Å². The normalized spacial score (nSPS) is 16.8. The minimum Gasteiger partial charge on any atom is -0.406 e. The van der Waals surface area contributed by atoms with Crippen molar-refractivity contribution in [1.29, 1.82) is 0 Å². The molecule has 1 atom stereocenters. The minimum atomic E-state index is -4.76. The lowest BCUT2D eigenvalue weighted by Gasteiger charge is -2.38. The van der Waals surface area contributed by atoms with Gasteiger partial charge in [0.2, 0.25) is 5.95 Å². The number of carbonyl (C=O) groups excluding carboxylic acids is 1. The Bertz CT molecular complexity index is 908. The van der Waals surface area contributed by atoms with Gasteiger partial charge >= 0.3 is 6.36 Å². The van der Waals surface area contributed by atoms with Gasteiger partial charge in [0.1, 0.15) is 5.75 Å². The molecule has 0 aliphatic carbocycles. The van der Waals surface area contributed by atoms with Gasteiger partial charge in [0.25, 0.3) is 5.91 Å². The molecule has 9 heteroatoms. The number of hydrogen-bond donors (Lipinski definition) is 1. The van der Waals surface area contributed by atoms with Crippen molar-refractivity contribution >= 4 is 11.9 Å². The zero-order valence-electron chi connectivity index (χ0n) is 17.4. The molecule has 0 radical (unpaired) electrons. The van der Waals surface area contributed by atoms with Crippen molar-refractivity contribution in [1.82, 2.24) is 14.9 Å². The Kier molecular flexibility index (Phi) is 5.92. The second-order valence-electron chi connectivity index (χ2n) is 8.45. The quantitative estimate of drug-likeness (QED) is 0.768. The summed E-state index contributed by atoms with van der Waals surface area (Å²) in [6.45, 7) is 8.65. The number of nitrogens with one attached hydrogen (secondary N) is 1. The Balaban J connectivity index is 1.71. The highest BCUT2D eigenvalue weighted by atomic mass is 19.4. The summed E-state index contributed by atoms with van der Waals surface area (Å²) in [6.07, 6.45) is -0.875. The summed E-state index contributed by atoms with van der Waals surface area (Å²) in [5.74, 6) is -0.0907. The van der Waals surface area contributed by atoms with Crippen LogP contribution in [0.1, 0.15) is 55.6 Å². The third kappa shape index (κ3) is 5.40. The van der Waals surface area contributed by atoms with Crippen LogP contribution in [-0.2, 0) is 12.0 Å². The molecule has 0 saturated carbocycles. The molecule has 2 aromatic rings. The number of aromatic nitrogens is 2. The van der Waals surface area contributed by atoms with Crippen LogP contribution in [0.5, 0.6) is 5.75 Å². The van der Waals surface area contributed by atoms with Crippen molar-refractivity contribution in [3.63, 3.8) is 0 Å². The number of amides is 1. The first-order chi connectivity index (χ1) is 13.9. The van der Waals surface area contributed by atoms with Crippen molar-refractivity contribution in [2.45, 2.75) is 58.5 Å². The first-order valence-corrected chi connectivity index (χ1v) is 9.69.